The molecule has 0 aromatic carbocycles. The van der Waals surface area contributed by atoms with E-state index in [1.807, 2.05) is 24.4 Å². The summed E-state index contributed by atoms with van der Waals surface area (Å²) in [5, 5.41) is 0. The Morgan fingerprint density at radius 1 is 1.38 bits per heavy atom. The summed E-state index contributed by atoms with van der Waals surface area (Å²) in [7, 11) is 0. The molecule has 0 atom stereocenters. The van der Waals surface area contributed by atoms with Gasteiger partial charge in [0.15, 0.2) is 0 Å². The monoisotopic (exact) mass is 173 g/mol. The fourth-order valence-corrected chi connectivity index (χ4v) is 1.27. The van der Waals surface area contributed by atoms with E-state index < -0.39 is 0 Å². The lowest BCUT2D eigenvalue weighted by Crippen LogP contribution is -1.85. The number of hydrogen-bond donors (Lipinski definition) is 0. The fraction of sp³-hybridized carbons (Fsp3) is 0.182. The predicted molar refractivity (Wildman–Crippen MR) is 51.3 cm³/mol. The van der Waals surface area contributed by atoms with E-state index in [1.165, 1.54) is 0 Å². The van der Waals surface area contributed by atoms with Crippen molar-refractivity contribution in [2.75, 3.05) is 0 Å². The van der Waals surface area contributed by atoms with Crippen LogP contribution in [0.3, 0.4) is 0 Å². The van der Waals surface area contributed by atoms with Gasteiger partial charge in [-0.05, 0) is 30.7 Å². The van der Waals surface area contributed by atoms with Crippen LogP contribution in [-0.2, 0) is 6.42 Å². The third-order valence-corrected chi connectivity index (χ3v) is 1.98. The Balaban J connectivity index is 2.41. The third-order valence-electron chi connectivity index (χ3n) is 1.98. The zero-order chi connectivity index (χ0) is 9.10. The van der Waals surface area contributed by atoms with Gasteiger partial charge in [0.1, 0.15) is 5.76 Å². The molecule has 2 heteroatoms. The Morgan fingerprint density at radius 2 is 2.31 bits per heavy atom. The van der Waals surface area contributed by atoms with Gasteiger partial charge in [-0.3, -0.25) is 4.98 Å². The first-order valence-corrected chi connectivity index (χ1v) is 4.39. The molecule has 0 N–H and O–H groups in total. The minimum atomic E-state index is 0.900. The average Bonchev–Trinajstić information content (AvgIpc) is 2.71. The van der Waals surface area contributed by atoms with Crippen LogP contribution in [0.1, 0.15) is 12.6 Å². The van der Waals surface area contributed by atoms with Gasteiger partial charge >= 0.3 is 0 Å². The minimum absolute atomic E-state index is 0.900. The minimum Gasteiger partial charge on any atom is -0.464 e. The van der Waals surface area contributed by atoms with Crippen LogP contribution < -0.4 is 0 Å². The second-order valence-electron chi connectivity index (χ2n) is 2.87. The van der Waals surface area contributed by atoms with Crippen molar-refractivity contribution in [3.63, 3.8) is 0 Å². The van der Waals surface area contributed by atoms with Crippen molar-refractivity contribution in [3.05, 3.63) is 42.4 Å². The number of furan rings is 1. The number of rotatable bonds is 2. The number of pyridine rings is 1. The van der Waals surface area contributed by atoms with Crippen LogP contribution in [0.25, 0.3) is 11.3 Å². The Labute approximate surface area is 77.2 Å². The van der Waals surface area contributed by atoms with Gasteiger partial charge in [-0.2, -0.15) is 0 Å². The maximum absolute atomic E-state index is 5.29. The van der Waals surface area contributed by atoms with Gasteiger partial charge in [0.25, 0.3) is 0 Å². The molecule has 0 bridgehead atoms. The molecule has 0 aliphatic rings. The quantitative estimate of drug-likeness (QED) is 0.697. The van der Waals surface area contributed by atoms with Crippen molar-refractivity contribution in [1.29, 1.82) is 0 Å². The lowest BCUT2D eigenvalue weighted by atomic mass is 10.1. The normalized spacial score (nSPS) is 10.2. The highest BCUT2D eigenvalue weighted by Crippen LogP contribution is 2.19. The van der Waals surface area contributed by atoms with Crippen molar-refractivity contribution >= 4 is 0 Å². The van der Waals surface area contributed by atoms with Gasteiger partial charge in [0.05, 0.1) is 6.26 Å². The lowest BCUT2D eigenvalue weighted by molar-refractivity contribution is 0.582. The van der Waals surface area contributed by atoms with Gasteiger partial charge in [0, 0.05) is 17.5 Å². The molecule has 0 spiro atoms. The van der Waals surface area contributed by atoms with Gasteiger partial charge in [-0.25, -0.2) is 0 Å². The SMILES string of the molecule is CCc1cc(-c2ccco2)ccn1. The van der Waals surface area contributed by atoms with E-state index in [2.05, 4.69) is 18.0 Å². The zero-order valence-electron chi connectivity index (χ0n) is 7.53. The number of aromatic nitrogens is 1. The Bertz CT molecular complexity index is 379. The second-order valence-corrected chi connectivity index (χ2v) is 2.87. The highest BCUT2D eigenvalue weighted by atomic mass is 16.3. The van der Waals surface area contributed by atoms with Crippen LogP contribution in [0.5, 0.6) is 0 Å². The van der Waals surface area contributed by atoms with Gasteiger partial charge in [0.2, 0.25) is 0 Å². The molecule has 13 heavy (non-hydrogen) atoms. The third kappa shape index (κ3) is 1.61. The molecule has 2 nitrogen and oxygen atoms in total. The van der Waals surface area contributed by atoms with Crippen LogP contribution in [0.2, 0.25) is 0 Å². The molecular weight excluding hydrogens is 162 g/mol. The summed E-state index contributed by atoms with van der Waals surface area (Å²) in [6.07, 6.45) is 4.45. The van der Waals surface area contributed by atoms with E-state index in [4.69, 9.17) is 4.42 Å². The first kappa shape index (κ1) is 8.05. The van der Waals surface area contributed by atoms with Crippen molar-refractivity contribution in [2.45, 2.75) is 13.3 Å². The highest BCUT2D eigenvalue weighted by Gasteiger charge is 2.00. The molecule has 0 radical (unpaired) electrons. The molecule has 2 aromatic rings. The van der Waals surface area contributed by atoms with Gasteiger partial charge in [-0.1, -0.05) is 6.92 Å². The Hall–Kier alpha value is -1.57. The molecule has 2 aromatic heterocycles. The van der Waals surface area contributed by atoms with Crippen molar-refractivity contribution in [3.8, 4) is 11.3 Å². The van der Waals surface area contributed by atoms with Crippen LogP contribution in [0.15, 0.2) is 41.1 Å². The van der Waals surface area contributed by atoms with E-state index in [-0.39, 0.29) is 0 Å². The molecule has 0 fully saturated rings. The molecule has 0 saturated carbocycles. The summed E-state index contributed by atoms with van der Waals surface area (Å²) in [5.74, 6) is 0.900. The molecular formula is C11H11NO. The molecule has 0 amide bonds. The topological polar surface area (TPSA) is 26.0 Å². The Kier molecular flexibility index (Phi) is 2.13. The molecule has 2 heterocycles. The van der Waals surface area contributed by atoms with Crippen molar-refractivity contribution < 1.29 is 4.42 Å². The van der Waals surface area contributed by atoms with Gasteiger partial charge in [-0.15, -0.1) is 0 Å². The second kappa shape index (κ2) is 3.44. The van der Waals surface area contributed by atoms with Crippen molar-refractivity contribution in [2.24, 2.45) is 0 Å². The van der Waals surface area contributed by atoms with Crippen LogP contribution in [-0.4, -0.2) is 4.98 Å². The number of nitrogens with zero attached hydrogens (tertiary/aromatic N) is 1. The highest BCUT2D eigenvalue weighted by molar-refractivity contribution is 5.56. The first-order chi connectivity index (χ1) is 6.40. The summed E-state index contributed by atoms with van der Waals surface area (Å²) in [6.45, 7) is 2.09. The summed E-state index contributed by atoms with van der Waals surface area (Å²) in [4.78, 5) is 4.23. The van der Waals surface area contributed by atoms with E-state index in [0.717, 1.165) is 23.4 Å². The number of hydrogen-bond acceptors (Lipinski definition) is 2. The van der Waals surface area contributed by atoms with Gasteiger partial charge < -0.3 is 4.42 Å². The van der Waals surface area contributed by atoms with Crippen LogP contribution in [0, 0.1) is 0 Å². The lowest BCUT2D eigenvalue weighted by Gasteiger charge is -1.98. The van der Waals surface area contributed by atoms with E-state index in [0.29, 0.717) is 0 Å². The Morgan fingerprint density at radius 3 is 3.00 bits per heavy atom. The number of aryl methyl sites for hydroxylation is 1. The molecule has 0 unspecified atom stereocenters. The zero-order valence-corrected chi connectivity index (χ0v) is 7.53. The van der Waals surface area contributed by atoms with E-state index in [1.54, 1.807) is 6.26 Å². The fourth-order valence-electron chi connectivity index (χ4n) is 1.27. The maximum Gasteiger partial charge on any atom is 0.133 e. The average molecular weight is 173 g/mol. The largest absolute Gasteiger partial charge is 0.464 e. The molecule has 2 rings (SSSR count). The summed E-state index contributed by atoms with van der Waals surface area (Å²) in [6, 6.07) is 7.85. The molecule has 0 saturated heterocycles. The summed E-state index contributed by atoms with van der Waals surface area (Å²) in [5.41, 5.74) is 2.19. The first-order valence-electron chi connectivity index (χ1n) is 4.39. The molecule has 0 aliphatic heterocycles. The maximum atomic E-state index is 5.29. The smallest absolute Gasteiger partial charge is 0.133 e. The predicted octanol–water partition coefficient (Wildman–Crippen LogP) is 2.90. The van der Waals surface area contributed by atoms with E-state index in [9.17, 15) is 0 Å². The van der Waals surface area contributed by atoms with Crippen LogP contribution >= 0.6 is 0 Å². The van der Waals surface area contributed by atoms with E-state index >= 15 is 0 Å². The molecule has 0 aliphatic carbocycles. The van der Waals surface area contributed by atoms with Crippen LogP contribution in [0.4, 0.5) is 0 Å². The summed E-state index contributed by atoms with van der Waals surface area (Å²) < 4.78 is 5.29. The van der Waals surface area contributed by atoms with Crippen molar-refractivity contribution in [1.82, 2.24) is 4.98 Å². The summed E-state index contributed by atoms with van der Waals surface area (Å²) >= 11 is 0. The molecule has 66 valence electrons. The standard InChI is InChI=1S/C11H11NO/c1-2-10-8-9(5-6-12-10)11-4-3-7-13-11/h3-8H,2H2,1H3.